The van der Waals surface area contributed by atoms with Crippen molar-refractivity contribution in [3.05, 3.63) is 35.7 Å². The summed E-state index contributed by atoms with van der Waals surface area (Å²) in [7, 11) is 0. The number of hydrogen-bond donors (Lipinski definition) is 2. The van der Waals surface area contributed by atoms with Gasteiger partial charge in [0, 0.05) is 11.4 Å². The van der Waals surface area contributed by atoms with Crippen LogP contribution in [0.3, 0.4) is 0 Å². The number of carbonyl (C=O) groups is 1. The molecule has 0 radical (unpaired) electrons. The topological polar surface area (TPSA) is 93.4 Å². The number of benzene rings is 1. The summed E-state index contributed by atoms with van der Waals surface area (Å²) in [5, 5.41) is 3.24. The Labute approximate surface area is 125 Å². The number of anilines is 4. The van der Waals surface area contributed by atoms with Gasteiger partial charge in [-0.3, -0.25) is 4.90 Å². The van der Waals surface area contributed by atoms with Crippen LogP contribution in [0.5, 0.6) is 0 Å². The largest absolute Gasteiger partial charge is 0.447 e. The summed E-state index contributed by atoms with van der Waals surface area (Å²) in [6, 6.07) is 7.29. The molecule has 1 fully saturated rings. The Morgan fingerprint density at radius 3 is 3.00 bits per heavy atom. The molecule has 1 aliphatic heterocycles. The summed E-state index contributed by atoms with van der Waals surface area (Å²) in [4.78, 5) is 21.0. The van der Waals surface area contributed by atoms with E-state index in [-0.39, 0.29) is 16.9 Å². The molecule has 0 aliphatic carbocycles. The molecule has 1 amide bonds. The number of nitrogen functional groups attached to an aromatic ring is 1. The number of aromatic nitrogens is 2. The van der Waals surface area contributed by atoms with E-state index >= 15 is 0 Å². The Hall–Kier alpha value is -2.54. The van der Waals surface area contributed by atoms with E-state index in [9.17, 15) is 4.79 Å². The van der Waals surface area contributed by atoms with Crippen LogP contribution in [-0.4, -0.2) is 29.2 Å². The predicted molar refractivity (Wildman–Crippen MR) is 79.9 cm³/mol. The highest BCUT2D eigenvalue weighted by atomic mass is 35.5. The van der Waals surface area contributed by atoms with Crippen LogP contribution in [0.4, 0.5) is 27.7 Å². The highest BCUT2D eigenvalue weighted by molar-refractivity contribution is 6.32. The molecule has 1 aromatic carbocycles. The van der Waals surface area contributed by atoms with Crippen LogP contribution in [0.25, 0.3) is 0 Å². The fraction of sp³-hybridized carbons (Fsp3) is 0.154. The maximum atomic E-state index is 11.6. The van der Waals surface area contributed by atoms with E-state index < -0.39 is 0 Å². The van der Waals surface area contributed by atoms with Gasteiger partial charge in [-0.25, -0.2) is 14.8 Å². The van der Waals surface area contributed by atoms with Gasteiger partial charge >= 0.3 is 6.09 Å². The van der Waals surface area contributed by atoms with Crippen LogP contribution < -0.4 is 16.0 Å². The number of nitrogens with zero attached hydrogens (tertiary/aromatic N) is 3. The molecule has 108 valence electrons. The van der Waals surface area contributed by atoms with Gasteiger partial charge in [0.25, 0.3) is 0 Å². The summed E-state index contributed by atoms with van der Waals surface area (Å²) in [6.45, 7) is 0.925. The van der Waals surface area contributed by atoms with E-state index in [1.807, 2.05) is 24.3 Å². The molecule has 7 nitrogen and oxygen atoms in total. The van der Waals surface area contributed by atoms with Crippen molar-refractivity contribution in [2.75, 3.05) is 29.1 Å². The van der Waals surface area contributed by atoms with E-state index in [0.29, 0.717) is 19.0 Å². The third-order valence-corrected chi connectivity index (χ3v) is 3.32. The maximum absolute atomic E-state index is 11.6. The lowest BCUT2D eigenvalue weighted by molar-refractivity contribution is 0.181. The molecule has 1 aliphatic rings. The molecule has 3 rings (SSSR count). The van der Waals surface area contributed by atoms with Gasteiger partial charge in [-0.2, -0.15) is 0 Å². The fourth-order valence-electron chi connectivity index (χ4n) is 1.99. The van der Waals surface area contributed by atoms with E-state index in [1.165, 1.54) is 6.33 Å². The lowest BCUT2D eigenvalue weighted by Gasteiger charge is -2.15. The SMILES string of the molecule is Nc1c(Cl)ncnc1Nc1cccc(N2CCOC2=O)c1. The normalized spacial score (nSPS) is 14.1. The minimum atomic E-state index is -0.350. The number of cyclic esters (lactones) is 1. The molecule has 1 aromatic heterocycles. The Balaban J connectivity index is 1.86. The smallest absolute Gasteiger partial charge is 0.414 e. The average molecular weight is 306 g/mol. The minimum absolute atomic E-state index is 0.187. The van der Waals surface area contributed by atoms with Crippen molar-refractivity contribution in [3.8, 4) is 0 Å². The van der Waals surface area contributed by atoms with Crippen molar-refractivity contribution in [2.45, 2.75) is 0 Å². The molecule has 0 bridgehead atoms. The van der Waals surface area contributed by atoms with E-state index in [4.69, 9.17) is 22.1 Å². The number of nitrogens with two attached hydrogens (primary N) is 1. The van der Waals surface area contributed by atoms with E-state index in [2.05, 4.69) is 15.3 Å². The highest BCUT2D eigenvalue weighted by Gasteiger charge is 2.23. The van der Waals surface area contributed by atoms with Crippen molar-refractivity contribution in [2.24, 2.45) is 0 Å². The lowest BCUT2D eigenvalue weighted by Crippen LogP contribution is -2.23. The van der Waals surface area contributed by atoms with E-state index in [0.717, 1.165) is 11.4 Å². The first kappa shape index (κ1) is 13.4. The van der Waals surface area contributed by atoms with Crippen molar-refractivity contribution >= 4 is 40.6 Å². The molecule has 21 heavy (non-hydrogen) atoms. The predicted octanol–water partition coefficient (Wildman–Crippen LogP) is 2.41. The van der Waals surface area contributed by atoms with Gasteiger partial charge in [0.1, 0.15) is 18.6 Å². The molecule has 8 heteroatoms. The summed E-state index contributed by atoms with van der Waals surface area (Å²) < 4.78 is 4.92. The number of amides is 1. The molecule has 0 atom stereocenters. The van der Waals surface area contributed by atoms with Crippen LogP contribution in [-0.2, 0) is 4.74 Å². The second kappa shape index (κ2) is 5.45. The molecular formula is C13H12ClN5O2. The summed E-state index contributed by atoms with van der Waals surface area (Å²) in [5.41, 5.74) is 7.54. The van der Waals surface area contributed by atoms with Crippen LogP contribution in [0.1, 0.15) is 0 Å². The molecule has 3 N–H and O–H groups in total. The number of carbonyl (C=O) groups excluding carboxylic acids is 1. The number of hydrogen-bond acceptors (Lipinski definition) is 6. The Kier molecular flexibility index (Phi) is 3.49. The Bertz CT molecular complexity index is 694. The Morgan fingerprint density at radius 1 is 1.38 bits per heavy atom. The monoisotopic (exact) mass is 305 g/mol. The minimum Gasteiger partial charge on any atom is -0.447 e. The van der Waals surface area contributed by atoms with Gasteiger partial charge in [-0.05, 0) is 18.2 Å². The Morgan fingerprint density at radius 2 is 2.24 bits per heavy atom. The molecule has 2 heterocycles. The standard InChI is InChI=1S/C13H12ClN5O2/c14-11-10(15)12(17-7-16-11)18-8-2-1-3-9(6-8)19-4-5-21-13(19)20/h1-3,6-7H,4-5,15H2,(H,16,17,18). The first-order valence-electron chi connectivity index (χ1n) is 6.22. The molecule has 0 unspecified atom stereocenters. The van der Waals surface area contributed by atoms with Crippen molar-refractivity contribution in [1.29, 1.82) is 0 Å². The van der Waals surface area contributed by atoms with Crippen molar-refractivity contribution in [1.82, 2.24) is 9.97 Å². The third-order valence-electron chi connectivity index (χ3n) is 3.02. The van der Waals surface area contributed by atoms with Crippen LogP contribution in [0.15, 0.2) is 30.6 Å². The van der Waals surface area contributed by atoms with Gasteiger partial charge in [0.15, 0.2) is 11.0 Å². The van der Waals surface area contributed by atoms with Crippen LogP contribution in [0.2, 0.25) is 5.15 Å². The first-order valence-corrected chi connectivity index (χ1v) is 6.60. The number of rotatable bonds is 3. The summed E-state index contributed by atoms with van der Waals surface area (Å²) in [5.74, 6) is 0.413. The van der Waals surface area contributed by atoms with Crippen molar-refractivity contribution in [3.63, 3.8) is 0 Å². The average Bonchev–Trinajstić information content (AvgIpc) is 2.90. The van der Waals surface area contributed by atoms with Gasteiger partial charge in [-0.15, -0.1) is 0 Å². The van der Waals surface area contributed by atoms with E-state index in [1.54, 1.807) is 4.90 Å². The molecule has 0 saturated carbocycles. The molecule has 2 aromatic rings. The number of nitrogens with one attached hydrogen (secondary N) is 1. The molecular weight excluding hydrogens is 294 g/mol. The highest BCUT2D eigenvalue weighted by Crippen LogP contribution is 2.28. The van der Waals surface area contributed by atoms with Crippen LogP contribution in [0, 0.1) is 0 Å². The van der Waals surface area contributed by atoms with Crippen LogP contribution >= 0.6 is 11.6 Å². The van der Waals surface area contributed by atoms with Gasteiger partial charge in [0.05, 0.1) is 6.54 Å². The zero-order valence-electron chi connectivity index (χ0n) is 10.9. The zero-order chi connectivity index (χ0) is 14.8. The zero-order valence-corrected chi connectivity index (χ0v) is 11.7. The lowest BCUT2D eigenvalue weighted by atomic mass is 10.2. The van der Waals surface area contributed by atoms with Gasteiger partial charge in [-0.1, -0.05) is 17.7 Å². The number of halogens is 1. The second-order valence-electron chi connectivity index (χ2n) is 4.37. The first-order chi connectivity index (χ1) is 10.1. The van der Waals surface area contributed by atoms with Gasteiger partial charge in [0.2, 0.25) is 0 Å². The molecule has 0 spiro atoms. The fourth-order valence-corrected chi connectivity index (χ4v) is 2.12. The van der Waals surface area contributed by atoms with Gasteiger partial charge < -0.3 is 15.8 Å². The number of ether oxygens (including phenoxy) is 1. The summed E-state index contributed by atoms with van der Waals surface area (Å²) in [6.07, 6.45) is 0.972. The maximum Gasteiger partial charge on any atom is 0.414 e. The third kappa shape index (κ3) is 2.68. The summed E-state index contributed by atoms with van der Waals surface area (Å²) >= 11 is 5.85. The second-order valence-corrected chi connectivity index (χ2v) is 4.73. The molecule has 1 saturated heterocycles. The quantitative estimate of drug-likeness (QED) is 0.846. The van der Waals surface area contributed by atoms with Crippen molar-refractivity contribution < 1.29 is 9.53 Å².